The molecule has 6 heteroatoms. The standard InChI is InChI=1S/C31H51N3O3/c1-7-31(8-2)15-13-24(14-16-31)27-22-25(34-17-9-10-26(34)23-36-6)11-12-28(27)32-18-20-33(21-19-32)29(35)37-30(3,4)5/h11-12,22,24,26H,7-10,13-21,23H2,1-6H3. The van der Waals surface area contributed by atoms with Crippen molar-refractivity contribution in [3.05, 3.63) is 23.8 Å². The van der Waals surface area contributed by atoms with Crippen LogP contribution in [0.25, 0.3) is 0 Å². The third kappa shape index (κ3) is 6.55. The Kier molecular flexibility index (Phi) is 8.98. The number of amides is 1. The van der Waals surface area contributed by atoms with Gasteiger partial charge in [0.1, 0.15) is 5.60 Å². The average molecular weight is 514 g/mol. The molecule has 1 amide bonds. The Labute approximate surface area is 225 Å². The molecule has 3 fully saturated rings. The lowest BCUT2D eigenvalue weighted by Crippen LogP contribution is -2.50. The van der Waals surface area contributed by atoms with Crippen LogP contribution in [0, 0.1) is 5.41 Å². The molecule has 1 aromatic rings. The molecule has 208 valence electrons. The topological polar surface area (TPSA) is 45.2 Å². The molecule has 1 saturated carbocycles. The van der Waals surface area contributed by atoms with Gasteiger partial charge in [0.2, 0.25) is 0 Å². The Hall–Kier alpha value is -1.95. The minimum absolute atomic E-state index is 0.191. The molecule has 6 nitrogen and oxygen atoms in total. The Bertz CT molecular complexity index is 889. The van der Waals surface area contributed by atoms with Crippen LogP contribution in [-0.4, -0.2) is 69.1 Å². The van der Waals surface area contributed by atoms with E-state index >= 15 is 0 Å². The summed E-state index contributed by atoms with van der Waals surface area (Å²) >= 11 is 0. The van der Waals surface area contributed by atoms with Gasteiger partial charge in [0.05, 0.1) is 12.6 Å². The zero-order valence-corrected chi connectivity index (χ0v) is 24.4. The average Bonchev–Trinajstić information content (AvgIpc) is 3.36. The first kappa shape index (κ1) is 28.1. The van der Waals surface area contributed by atoms with Gasteiger partial charge in [-0.2, -0.15) is 0 Å². The maximum absolute atomic E-state index is 12.6. The number of piperazine rings is 1. The second-order valence-corrected chi connectivity index (χ2v) is 12.6. The van der Waals surface area contributed by atoms with E-state index in [0.717, 1.165) is 26.2 Å². The first-order valence-corrected chi connectivity index (χ1v) is 14.8. The van der Waals surface area contributed by atoms with Gasteiger partial charge in [-0.3, -0.25) is 0 Å². The molecule has 2 saturated heterocycles. The molecule has 4 rings (SSSR count). The molecule has 37 heavy (non-hydrogen) atoms. The second kappa shape index (κ2) is 11.8. The van der Waals surface area contributed by atoms with Crippen LogP contribution in [0.3, 0.4) is 0 Å². The number of methoxy groups -OCH3 is 1. The van der Waals surface area contributed by atoms with Crippen LogP contribution in [0.5, 0.6) is 0 Å². The molecule has 0 spiro atoms. The van der Waals surface area contributed by atoms with Crippen molar-refractivity contribution in [3.63, 3.8) is 0 Å². The number of ether oxygens (including phenoxy) is 2. The van der Waals surface area contributed by atoms with Crippen LogP contribution in [0.15, 0.2) is 18.2 Å². The quantitative estimate of drug-likeness (QED) is 0.400. The smallest absolute Gasteiger partial charge is 0.410 e. The van der Waals surface area contributed by atoms with Crippen LogP contribution in [0.2, 0.25) is 0 Å². The molecule has 1 unspecified atom stereocenters. The van der Waals surface area contributed by atoms with Gasteiger partial charge in [0.15, 0.2) is 0 Å². The van der Waals surface area contributed by atoms with Crippen molar-refractivity contribution in [1.82, 2.24) is 4.90 Å². The number of hydrogen-bond acceptors (Lipinski definition) is 5. The summed E-state index contributed by atoms with van der Waals surface area (Å²) < 4.78 is 11.2. The van der Waals surface area contributed by atoms with E-state index in [2.05, 4.69) is 41.8 Å². The van der Waals surface area contributed by atoms with E-state index in [-0.39, 0.29) is 6.09 Å². The first-order valence-electron chi connectivity index (χ1n) is 14.8. The molecule has 0 N–H and O–H groups in total. The Balaban J connectivity index is 1.55. The van der Waals surface area contributed by atoms with Gasteiger partial charge >= 0.3 is 6.09 Å². The van der Waals surface area contributed by atoms with Gasteiger partial charge in [-0.15, -0.1) is 0 Å². The van der Waals surface area contributed by atoms with E-state index in [0.29, 0.717) is 30.5 Å². The Morgan fingerprint density at radius 3 is 2.27 bits per heavy atom. The van der Waals surface area contributed by atoms with Gasteiger partial charge in [0.25, 0.3) is 0 Å². The number of nitrogens with zero attached hydrogens (tertiary/aromatic N) is 3. The SMILES string of the molecule is CCC1(CC)CCC(c2cc(N3CCCC3COC)ccc2N2CCN(C(=O)OC(C)(C)C)CC2)CC1. The summed E-state index contributed by atoms with van der Waals surface area (Å²) in [6.07, 6.45) is 10.0. The van der Waals surface area contributed by atoms with Gasteiger partial charge in [0, 0.05) is 51.2 Å². The van der Waals surface area contributed by atoms with E-state index in [1.165, 1.54) is 68.3 Å². The lowest BCUT2D eigenvalue weighted by Gasteiger charge is -2.42. The monoisotopic (exact) mass is 513 g/mol. The molecule has 1 aliphatic carbocycles. The largest absolute Gasteiger partial charge is 0.444 e. The lowest BCUT2D eigenvalue weighted by atomic mass is 9.66. The van der Waals surface area contributed by atoms with E-state index in [4.69, 9.17) is 9.47 Å². The van der Waals surface area contributed by atoms with Crippen molar-refractivity contribution < 1.29 is 14.3 Å². The van der Waals surface area contributed by atoms with Gasteiger partial charge in [-0.05, 0) is 94.4 Å². The van der Waals surface area contributed by atoms with Gasteiger partial charge in [-0.1, -0.05) is 26.7 Å². The summed E-state index contributed by atoms with van der Waals surface area (Å²) in [5.74, 6) is 0.605. The molecule has 3 aliphatic rings. The van der Waals surface area contributed by atoms with Crippen molar-refractivity contribution in [2.24, 2.45) is 5.41 Å². The number of carbonyl (C=O) groups is 1. The van der Waals surface area contributed by atoms with Crippen LogP contribution in [-0.2, 0) is 9.47 Å². The highest BCUT2D eigenvalue weighted by Crippen LogP contribution is 2.49. The molecule has 1 aromatic carbocycles. The summed E-state index contributed by atoms with van der Waals surface area (Å²) in [6, 6.07) is 7.69. The maximum Gasteiger partial charge on any atom is 0.410 e. The molecule has 1 atom stereocenters. The van der Waals surface area contributed by atoms with E-state index in [9.17, 15) is 4.79 Å². The molecular weight excluding hydrogens is 462 g/mol. The number of hydrogen-bond donors (Lipinski definition) is 0. The predicted molar refractivity (Wildman–Crippen MR) is 153 cm³/mol. The van der Waals surface area contributed by atoms with Crippen LogP contribution < -0.4 is 9.80 Å². The predicted octanol–water partition coefficient (Wildman–Crippen LogP) is 6.82. The van der Waals surface area contributed by atoms with E-state index < -0.39 is 5.60 Å². The van der Waals surface area contributed by atoms with Crippen LogP contribution in [0.1, 0.15) is 97.5 Å². The molecule has 2 aliphatic heterocycles. The summed E-state index contributed by atoms with van der Waals surface area (Å²) in [5.41, 5.74) is 4.33. The van der Waals surface area contributed by atoms with Crippen LogP contribution in [0.4, 0.5) is 16.2 Å². The molecule has 0 aromatic heterocycles. The first-order chi connectivity index (χ1) is 17.7. The third-order valence-corrected chi connectivity index (χ3v) is 9.34. The fourth-order valence-corrected chi connectivity index (χ4v) is 6.83. The highest BCUT2D eigenvalue weighted by Gasteiger charge is 2.35. The summed E-state index contributed by atoms with van der Waals surface area (Å²) in [7, 11) is 1.82. The number of anilines is 2. The zero-order valence-electron chi connectivity index (χ0n) is 24.4. The molecule has 0 bridgehead atoms. The van der Waals surface area contributed by atoms with E-state index in [1.54, 1.807) is 0 Å². The Morgan fingerprint density at radius 2 is 1.68 bits per heavy atom. The summed E-state index contributed by atoms with van der Waals surface area (Å²) in [4.78, 5) is 19.6. The highest BCUT2D eigenvalue weighted by atomic mass is 16.6. The minimum atomic E-state index is -0.458. The fourth-order valence-electron chi connectivity index (χ4n) is 6.83. The van der Waals surface area contributed by atoms with Crippen molar-refractivity contribution in [2.45, 2.75) is 104 Å². The number of rotatable bonds is 7. The lowest BCUT2D eigenvalue weighted by molar-refractivity contribution is 0.0240. The van der Waals surface area contributed by atoms with Gasteiger partial charge < -0.3 is 24.2 Å². The van der Waals surface area contributed by atoms with Crippen molar-refractivity contribution in [3.8, 4) is 0 Å². The highest BCUT2D eigenvalue weighted by molar-refractivity contribution is 5.69. The maximum atomic E-state index is 12.6. The second-order valence-electron chi connectivity index (χ2n) is 12.6. The number of benzene rings is 1. The molecule has 2 heterocycles. The third-order valence-electron chi connectivity index (χ3n) is 9.34. The van der Waals surface area contributed by atoms with Crippen molar-refractivity contribution in [1.29, 1.82) is 0 Å². The molecule has 0 radical (unpaired) electrons. The van der Waals surface area contributed by atoms with Crippen molar-refractivity contribution >= 4 is 17.5 Å². The van der Waals surface area contributed by atoms with E-state index in [1.807, 2.05) is 32.8 Å². The fraction of sp³-hybridized carbons (Fsp3) is 0.774. The molecular formula is C31H51N3O3. The number of carbonyl (C=O) groups excluding carboxylic acids is 1. The summed E-state index contributed by atoms with van der Waals surface area (Å²) in [5, 5.41) is 0. The minimum Gasteiger partial charge on any atom is -0.444 e. The normalized spacial score (nSPS) is 23.0. The van der Waals surface area contributed by atoms with Crippen molar-refractivity contribution in [2.75, 3.05) is 56.2 Å². The zero-order chi connectivity index (χ0) is 26.6. The summed E-state index contributed by atoms with van der Waals surface area (Å²) in [6.45, 7) is 15.6. The van der Waals surface area contributed by atoms with Gasteiger partial charge in [-0.25, -0.2) is 4.79 Å². The Morgan fingerprint density at radius 1 is 1.00 bits per heavy atom. The van der Waals surface area contributed by atoms with Crippen LogP contribution >= 0.6 is 0 Å².